The van der Waals surface area contributed by atoms with Gasteiger partial charge in [0.15, 0.2) is 0 Å². The van der Waals surface area contributed by atoms with Gasteiger partial charge in [-0.05, 0) is 30.3 Å². The van der Waals surface area contributed by atoms with Crippen molar-refractivity contribution in [2.45, 2.75) is 6.61 Å². The first-order valence-corrected chi connectivity index (χ1v) is 6.88. The minimum absolute atomic E-state index is 0.282. The van der Waals surface area contributed by atoms with Crippen LogP contribution in [0.2, 0.25) is 15.3 Å². The van der Waals surface area contributed by atoms with E-state index in [2.05, 4.69) is 20.9 Å². The number of ether oxygens (including phenoxy) is 1. The molecule has 0 spiro atoms. The average Bonchev–Trinajstić information content (AvgIpc) is 2.30. The molecule has 1 aromatic carbocycles. The van der Waals surface area contributed by atoms with Crippen molar-refractivity contribution in [2.75, 3.05) is 0 Å². The third-order valence-electron chi connectivity index (χ3n) is 2.17. The quantitative estimate of drug-likeness (QED) is 0.679. The molecule has 0 fully saturated rings. The highest BCUT2D eigenvalue weighted by Gasteiger charge is 2.06. The fraction of sp³-hybridized carbons (Fsp3) is 0.0833. The van der Waals surface area contributed by atoms with E-state index in [0.29, 0.717) is 21.1 Å². The van der Waals surface area contributed by atoms with E-state index in [1.54, 1.807) is 24.3 Å². The maximum Gasteiger partial charge on any atom is 0.138 e. The molecule has 2 rings (SSSR count). The topological polar surface area (TPSA) is 22.1 Å². The molecule has 0 saturated heterocycles. The van der Waals surface area contributed by atoms with Crippen molar-refractivity contribution >= 4 is 50.7 Å². The summed E-state index contributed by atoms with van der Waals surface area (Å²) in [6.07, 6.45) is 0. The molecule has 1 heterocycles. The Hall–Kier alpha value is -0.480. The highest BCUT2D eigenvalue weighted by molar-refractivity contribution is 9.10. The first-order chi connectivity index (χ1) is 8.56. The Morgan fingerprint density at radius 2 is 1.89 bits per heavy atom. The number of pyridine rings is 1. The molecule has 0 unspecified atom stereocenters. The van der Waals surface area contributed by atoms with Gasteiger partial charge in [0.2, 0.25) is 0 Å². The van der Waals surface area contributed by atoms with E-state index < -0.39 is 0 Å². The molecule has 0 bridgehead atoms. The summed E-state index contributed by atoms with van der Waals surface area (Å²) < 4.78 is 6.47. The van der Waals surface area contributed by atoms with E-state index in [1.807, 2.05) is 6.07 Å². The third kappa shape index (κ3) is 3.51. The van der Waals surface area contributed by atoms with E-state index in [-0.39, 0.29) is 6.61 Å². The van der Waals surface area contributed by atoms with Gasteiger partial charge in [0.05, 0.1) is 5.02 Å². The zero-order valence-corrected chi connectivity index (χ0v) is 12.8. The first kappa shape index (κ1) is 13.9. The van der Waals surface area contributed by atoms with Crippen LogP contribution in [0.1, 0.15) is 5.56 Å². The molecule has 18 heavy (non-hydrogen) atoms. The van der Waals surface area contributed by atoms with Gasteiger partial charge in [0, 0.05) is 10.0 Å². The fourth-order valence-corrected chi connectivity index (χ4v) is 2.42. The van der Waals surface area contributed by atoms with Crippen LogP contribution in [0.15, 0.2) is 34.8 Å². The van der Waals surface area contributed by atoms with Gasteiger partial charge in [0.1, 0.15) is 22.7 Å². The maximum atomic E-state index is 6.04. The normalized spacial score (nSPS) is 10.4. The molecule has 94 valence electrons. The second-order valence-corrected chi connectivity index (χ2v) is 5.52. The first-order valence-electron chi connectivity index (χ1n) is 4.95. The van der Waals surface area contributed by atoms with Crippen molar-refractivity contribution in [3.8, 4) is 5.75 Å². The Morgan fingerprint density at radius 3 is 2.56 bits per heavy atom. The number of nitrogens with zero attached hydrogens (tertiary/aromatic N) is 1. The monoisotopic (exact) mass is 365 g/mol. The summed E-state index contributed by atoms with van der Waals surface area (Å²) in [7, 11) is 0. The Kier molecular flexibility index (Phi) is 4.73. The van der Waals surface area contributed by atoms with Gasteiger partial charge >= 0.3 is 0 Å². The molecule has 0 aliphatic heterocycles. The molecule has 0 radical (unpaired) electrons. The van der Waals surface area contributed by atoms with Gasteiger partial charge in [-0.2, -0.15) is 0 Å². The molecular weight excluding hydrogens is 360 g/mol. The van der Waals surface area contributed by atoms with Gasteiger partial charge in [0.25, 0.3) is 0 Å². The van der Waals surface area contributed by atoms with Crippen molar-refractivity contribution in [1.29, 1.82) is 0 Å². The van der Waals surface area contributed by atoms with Gasteiger partial charge < -0.3 is 4.74 Å². The largest absolute Gasteiger partial charge is 0.487 e. The smallest absolute Gasteiger partial charge is 0.138 e. The van der Waals surface area contributed by atoms with Crippen LogP contribution in [0.3, 0.4) is 0 Å². The standard InChI is InChI=1S/C12H7BrCl3NO/c13-8-2-3-10(9(14)5-8)18-6-7-1-4-11(15)17-12(7)16/h1-5H,6H2. The van der Waals surface area contributed by atoms with Crippen molar-refractivity contribution in [3.05, 3.63) is 55.7 Å². The Balaban J connectivity index is 2.11. The average molecular weight is 367 g/mol. The van der Waals surface area contributed by atoms with Crippen LogP contribution in [0.5, 0.6) is 5.75 Å². The zero-order chi connectivity index (χ0) is 13.1. The highest BCUT2D eigenvalue weighted by atomic mass is 79.9. The maximum absolute atomic E-state index is 6.04. The van der Waals surface area contributed by atoms with Crippen molar-refractivity contribution in [1.82, 2.24) is 4.98 Å². The molecule has 0 aliphatic rings. The van der Waals surface area contributed by atoms with Crippen LogP contribution < -0.4 is 4.74 Å². The molecule has 1 aromatic heterocycles. The van der Waals surface area contributed by atoms with Gasteiger partial charge in [-0.3, -0.25) is 0 Å². The van der Waals surface area contributed by atoms with Crippen LogP contribution in [0.25, 0.3) is 0 Å². The molecule has 2 nitrogen and oxygen atoms in total. The van der Waals surface area contributed by atoms with Crippen molar-refractivity contribution < 1.29 is 4.74 Å². The van der Waals surface area contributed by atoms with E-state index in [1.165, 1.54) is 0 Å². The second kappa shape index (κ2) is 6.11. The van der Waals surface area contributed by atoms with E-state index in [0.717, 1.165) is 10.0 Å². The minimum Gasteiger partial charge on any atom is -0.487 e. The molecule has 2 aromatic rings. The predicted molar refractivity (Wildman–Crippen MR) is 77.7 cm³/mol. The molecule has 0 atom stereocenters. The lowest BCUT2D eigenvalue weighted by molar-refractivity contribution is 0.306. The minimum atomic E-state index is 0.282. The van der Waals surface area contributed by atoms with Crippen LogP contribution in [0, 0.1) is 0 Å². The molecular formula is C12H7BrCl3NO. The Bertz CT molecular complexity index is 526. The van der Waals surface area contributed by atoms with Gasteiger partial charge in [-0.25, -0.2) is 4.98 Å². The number of aromatic nitrogens is 1. The summed E-state index contributed by atoms with van der Waals surface area (Å²) in [4.78, 5) is 3.93. The molecule has 0 amide bonds. The second-order valence-electron chi connectivity index (χ2n) is 3.45. The molecule has 0 N–H and O–H groups in total. The van der Waals surface area contributed by atoms with Crippen LogP contribution in [0.4, 0.5) is 0 Å². The van der Waals surface area contributed by atoms with Gasteiger partial charge in [-0.1, -0.05) is 50.7 Å². The van der Waals surface area contributed by atoms with Crippen molar-refractivity contribution in [2.24, 2.45) is 0 Å². The SMILES string of the molecule is Clc1ccc(COc2ccc(Br)cc2Cl)c(Cl)n1. The van der Waals surface area contributed by atoms with Crippen LogP contribution in [-0.2, 0) is 6.61 Å². The summed E-state index contributed by atoms with van der Waals surface area (Å²) >= 11 is 21.0. The fourth-order valence-electron chi connectivity index (χ4n) is 1.30. The summed E-state index contributed by atoms with van der Waals surface area (Å²) in [5.74, 6) is 0.589. The van der Waals surface area contributed by atoms with E-state index in [9.17, 15) is 0 Å². The zero-order valence-electron chi connectivity index (χ0n) is 8.96. The van der Waals surface area contributed by atoms with Crippen LogP contribution >= 0.6 is 50.7 Å². The Labute approximate surface area is 128 Å². The lowest BCUT2D eigenvalue weighted by Gasteiger charge is -2.09. The summed E-state index contributed by atoms with van der Waals surface area (Å²) in [5, 5.41) is 1.21. The number of hydrogen-bond acceptors (Lipinski definition) is 2. The number of benzene rings is 1. The summed E-state index contributed by atoms with van der Waals surface area (Å²) in [6, 6.07) is 8.82. The highest BCUT2D eigenvalue weighted by Crippen LogP contribution is 2.29. The van der Waals surface area contributed by atoms with Gasteiger partial charge in [-0.15, -0.1) is 0 Å². The van der Waals surface area contributed by atoms with E-state index >= 15 is 0 Å². The predicted octanol–water partition coefficient (Wildman–Crippen LogP) is 5.38. The molecule has 6 heteroatoms. The number of hydrogen-bond donors (Lipinski definition) is 0. The number of rotatable bonds is 3. The third-order valence-corrected chi connectivity index (χ3v) is 3.50. The summed E-state index contributed by atoms with van der Waals surface area (Å²) in [6.45, 7) is 0.282. The van der Waals surface area contributed by atoms with Crippen molar-refractivity contribution in [3.63, 3.8) is 0 Å². The van der Waals surface area contributed by atoms with Crippen LogP contribution in [-0.4, -0.2) is 4.98 Å². The number of halogens is 4. The molecule has 0 saturated carbocycles. The summed E-state index contributed by atoms with van der Waals surface area (Å²) in [5.41, 5.74) is 0.750. The lowest BCUT2D eigenvalue weighted by atomic mass is 10.3. The van der Waals surface area contributed by atoms with E-state index in [4.69, 9.17) is 39.5 Å². The Morgan fingerprint density at radius 1 is 1.11 bits per heavy atom. The lowest BCUT2D eigenvalue weighted by Crippen LogP contribution is -1.98. The molecule has 0 aliphatic carbocycles.